The number of amides is 1. The SMILES string of the molecule is COc1ccc(/C=N/NC(=O)c2sc(-c3ccccc3)nc2C)c(Br)c1O. The van der Waals surface area contributed by atoms with Crippen molar-refractivity contribution in [3.8, 4) is 22.1 Å². The highest BCUT2D eigenvalue weighted by atomic mass is 79.9. The lowest BCUT2D eigenvalue weighted by Crippen LogP contribution is -2.17. The van der Waals surface area contributed by atoms with Crippen LogP contribution in [0.15, 0.2) is 52.0 Å². The number of aromatic nitrogens is 1. The number of aromatic hydroxyl groups is 1. The predicted octanol–water partition coefficient (Wildman–Crippen LogP) is 4.36. The van der Waals surface area contributed by atoms with Gasteiger partial charge in [0.15, 0.2) is 11.5 Å². The average Bonchev–Trinajstić information content (AvgIpc) is 3.08. The number of hydrazone groups is 1. The standard InChI is InChI=1S/C19H16BrN3O3S/c1-11-17(27-19(22-11)12-6-4-3-5-7-12)18(25)23-21-10-13-8-9-14(26-2)16(24)15(13)20/h3-10,24H,1-2H3,(H,23,25)/b21-10+. The van der Waals surface area contributed by atoms with Crippen molar-refractivity contribution in [3.05, 3.63) is 63.1 Å². The Hall–Kier alpha value is -2.71. The Balaban J connectivity index is 1.74. The molecule has 0 aliphatic carbocycles. The second-order valence-electron chi connectivity index (χ2n) is 5.52. The van der Waals surface area contributed by atoms with E-state index >= 15 is 0 Å². The van der Waals surface area contributed by atoms with Gasteiger partial charge in [0.1, 0.15) is 9.88 Å². The van der Waals surface area contributed by atoms with Crippen LogP contribution in [-0.4, -0.2) is 29.3 Å². The van der Waals surface area contributed by atoms with Crippen molar-refractivity contribution in [3.63, 3.8) is 0 Å². The van der Waals surface area contributed by atoms with Crippen LogP contribution in [0.3, 0.4) is 0 Å². The molecule has 8 heteroatoms. The highest BCUT2D eigenvalue weighted by Gasteiger charge is 2.16. The number of methoxy groups -OCH3 is 1. The number of thiazole rings is 1. The van der Waals surface area contributed by atoms with Crippen molar-refractivity contribution in [1.29, 1.82) is 0 Å². The van der Waals surface area contributed by atoms with Crippen molar-refractivity contribution in [2.45, 2.75) is 6.92 Å². The zero-order valence-corrected chi connectivity index (χ0v) is 17.0. The number of phenols is 1. The zero-order valence-electron chi connectivity index (χ0n) is 14.6. The van der Waals surface area contributed by atoms with Crippen LogP contribution in [0.2, 0.25) is 0 Å². The maximum absolute atomic E-state index is 12.4. The molecule has 0 saturated carbocycles. The van der Waals surface area contributed by atoms with E-state index in [2.05, 4.69) is 31.4 Å². The third kappa shape index (κ3) is 4.17. The molecule has 0 atom stereocenters. The van der Waals surface area contributed by atoms with Gasteiger partial charge in [-0.25, -0.2) is 10.4 Å². The molecule has 2 aromatic carbocycles. The van der Waals surface area contributed by atoms with Gasteiger partial charge in [-0.15, -0.1) is 11.3 Å². The molecule has 0 bridgehead atoms. The fraction of sp³-hybridized carbons (Fsp3) is 0.105. The third-order valence-electron chi connectivity index (χ3n) is 3.72. The van der Waals surface area contributed by atoms with Gasteiger partial charge in [0.2, 0.25) is 0 Å². The molecule has 0 saturated heterocycles. The number of carbonyl (C=O) groups excluding carboxylic acids is 1. The van der Waals surface area contributed by atoms with Crippen molar-refractivity contribution in [2.24, 2.45) is 5.10 Å². The molecule has 0 aliphatic rings. The Bertz CT molecular complexity index is 1000. The first-order valence-electron chi connectivity index (χ1n) is 7.93. The van der Waals surface area contributed by atoms with Crippen molar-refractivity contribution < 1.29 is 14.6 Å². The number of nitrogens with zero attached hydrogens (tertiary/aromatic N) is 2. The van der Waals surface area contributed by atoms with Crippen LogP contribution in [0.5, 0.6) is 11.5 Å². The van der Waals surface area contributed by atoms with E-state index < -0.39 is 0 Å². The predicted molar refractivity (Wildman–Crippen MR) is 110 cm³/mol. The molecule has 0 aliphatic heterocycles. The molecular formula is C19H16BrN3O3S. The number of nitrogens with one attached hydrogen (secondary N) is 1. The lowest BCUT2D eigenvalue weighted by atomic mass is 10.2. The first-order valence-corrected chi connectivity index (χ1v) is 9.54. The maximum Gasteiger partial charge on any atom is 0.283 e. The summed E-state index contributed by atoms with van der Waals surface area (Å²) in [4.78, 5) is 17.4. The fourth-order valence-corrected chi connectivity index (χ4v) is 3.74. The summed E-state index contributed by atoms with van der Waals surface area (Å²) in [6.07, 6.45) is 1.44. The second kappa shape index (κ2) is 8.32. The van der Waals surface area contributed by atoms with Crippen LogP contribution in [0, 0.1) is 6.92 Å². The highest BCUT2D eigenvalue weighted by Crippen LogP contribution is 2.35. The highest BCUT2D eigenvalue weighted by molar-refractivity contribution is 9.10. The summed E-state index contributed by atoms with van der Waals surface area (Å²) in [5.41, 5.74) is 4.70. The summed E-state index contributed by atoms with van der Waals surface area (Å²) in [6, 6.07) is 13.0. The number of halogens is 1. The zero-order chi connectivity index (χ0) is 19.4. The van der Waals surface area contributed by atoms with E-state index in [0.717, 1.165) is 10.6 Å². The summed E-state index contributed by atoms with van der Waals surface area (Å²) in [6.45, 7) is 1.79. The Labute approximate surface area is 168 Å². The van der Waals surface area contributed by atoms with Crippen LogP contribution < -0.4 is 10.2 Å². The van der Waals surface area contributed by atoms with Crippen molar-refractivity contribution in [2.75, 3.05) is 7.11 Å². The van der Waals surface area contributed by atoms with E-state index in [1.54, 1.807) is 19.1 Å². The van der Waals surface area contributed by atoms with Gasteiger partial charge >= 0.3 is 0 Å². The maximum atomic E-state index is 12.4. The van der Waals surface area contributed by atoms with Gasteiger partial charge in [0.25, 0.3) is 5.91 Å². The number of benzene rings is 2. The Morgan fingerprint density at radius 3 is 2.74 bits per heavy atom. The third-order valence-corrected chi connectivity index (χ3v) is 5.76. The minimum Gasteiger partial charge on any atom is -0.503 e. The van der Waals surface area contributed by atoms with Gasteiger partial charge in [0.05, 0.1) is 23.5 Å². The molecule has 3 rings (SSSR count). The van der Waals surface area contributed by atoms with E-state index in [9.17, 15) is 9.90 Å². The Morgan fingerprint density at radius 1 is 1.30 bits per heavy atom. The first-order chi connectivity index (χ1) is 13.0. The molecule has 1 heterocycles. The number of rotatable bonds is 5. The van der Waals surface area contributed by atoms with Crippen molar-refractivity contribution >= 4 is 39.4 Å². The van der Waals surface area contributed by atoms with E-state index in [4.69, 9.17) is 4.74 Å². The largest absolute Gasteiger partial charge is 0.503 e. The van der Waals surface area contributed by atoms with E-state index in [-0.39, 0.29) is 11.7 Å². The van der Waals surface area contributed by atoms with Gasteiger partial charge < -0.3 is 9.84 Å². The van der Waals surface area contributed by atoms with Gasteiger partial charge in [-0.3, -0.25) is 4.79 Å². The number of phenolic OH excluding ortho intramolecular Hbond substituents is 1. The Kier molecular flexibility index (Phi) is 5.88. The molecule has 1 aromatic heterocycles. The van der Waals surface area contributed by atoms with Crippen LogP contribution in [0.25, 0.3) is 10.6 Å². The van der Waals surface area contributed by atoms with Crippen LogP contribution in [0.4, 0.5) is 0 Å². The lowest BCUT2D eigenvalue weighted by Gasteiger charge is -2.06. The summed E-state index contributed by atoms with van der Waals surface area (Å²) in [5.74, 6) is -0.0207. The molecule has 0 radical (unpaired) electrons. The van der Waals surface area contributed by atoms with E-state index in [0.29, 0.717) is 26.4 Å². The molecule has 6 nitrogen and oxygen atoms in total. The fourth-order valence-electron chi connectivity index (χ4n) is 2.35. The van der Waals surface area contributed by atoms with Crippen molar-refractivity contribution in [1.82, 2.24) is 10.4 Å². The molecule has 2 N–H and O–H groups in total. The second-order valence-corrected chi connectivity index (χ2v) is 7.31. The van der Waals surface area contributed by atoms with Gasteiger partial charge in [-0.2, -0.15) is 5.10 Å². The molecule has 138 valence electrons. The number of carbonyl (C=O) groups is 1. The molecule has 3 aromatic rings. The number of hydrogen-bond donors (Lipinski definition) is 2. The summed E-state index contributed by atoms with van der Waals surface area (Å²) >= 11 is 4.60. The number of hydrogen-bond acceptors (Lipinski definition) is 6. The van der Waals surface area contributed by atoms with Gasteiger partial charge in [-0.05, 0) is 35.0 Å². The number of ether oxygens (including phenoxy) is 1. The number of aryl methyl sites for hydroxylation is 1. The smallest absolute Gasteiger partial charge is 0.283 e. The van der Waals surface area contributed by atoms with Gasteiger partial charge in [-0.1, -0.05) is 30.3 Å². The van der Waals surface area contributed by atoms with E-state index in [1.807, 2.05) is 30.3 Å². The van der Waals surface area contributed by atoms with Crippen LogP contribution >= 0.6 is 27.3 Å². The minimum absolute atomic E-state index is 0.0291. The molecule has 0 unspecified atom stereocenters. The molecular weight excluding hydrogens is 430 g/mol. The normalized spacial score (nSPS) is 10.9. The Morgan fingerprint density at radius 2 is 2.04 bits per heavy atom. The molecule has 27 heavy (non-hydrogen) atoms. The minimum atomic E-state index is -0.336. The summed E-state index contributed by atoms with van der Waals surface area (Å²) in [5, 5.41) is 14.7. The quantitative estimate of drug-likeness (QED) is 0.451. The topological polar surface area (TPSA) is 83.8 Å². The first kappa shape index (κ1) is 19.1. The molecule has 1 amide bonds. The average molecular weight is 446 g/mol. The van der Waals surface area contributed by atoms with Crippen LogP contribution in [0.1, 0.15) is 20.9 Å². The molecule has 0 fully saturated rings. The summed E-state index contributed by atoms with van der Waals surface area (Å²) < 4.78 is 5.46. The summed E-state index contributed by atoms with van der Waals surface area (Å²) in [7, 11) is 1.47. The molecule has 0 spiro atoms. The lowest BCUT2D eigenvalue weighted by molar-refractivity contribution is 0.0958. The monoisotopic (exact) mass is 445 g/mol. The van der Waals surface area contributed by atoms with E-state index in [1.165, 1.54) is 24.7 Å². The van der Waals surface area contributed by atoms with Gasteiger partial charge in [0, 0.05) is 11.1 Å². The van der Waals surface area contributed by atoms with Crippen LogP contribution in [-0.2, 0) is 0 Å².